The molecule has 8 atom stereocenters. The van der Waals surface area contributed by atoms with E-state index in [-0.39, 0.29) is 0 Å². The molecule has 0 aromatic heterocycles. The summed E-state index contributed by atoms with van der Waals surface area (Å²) in [5, 5.41) is 0. The first-order chi connectivity index (χ1) is 12.9. The highest BCUT2D eigenvalue weighted by atomic mass is 14.6. The van der Waals surface area contributed by atoms with Crippen LogP contribution in [-0.4, -0.2) is 0 Å². The van der Waals surface area contributed by atoms with Crippen LogP contribution in [0.1, 0.15) is 103 Å². The van der Waals surface area contributed by atoms with E-state index in [4.69, 9.17) is 0 Å². The number of hydrogen-bond donors (Lipinski definition) is 0. The van der Waals surface area contributed by atoms with E-state index in [1.54, 1.807) is 103 Å². The summed E-state index contributed by atoms with van der Waals surface area (Å²) in [6, 6.07) is 0. The summed E-state index contributed by atoms with van der Waals surface area (Å²) in [6.45, 7) is 0. The predicted molar refractivity (Wildman–Crippen MR) is 109 cm³/mol. The van der Waals surface area contributed by atoms with Crippen LogP contribution in [-0.2, 0) is 0 Å². The molecule has 6 aliphatic rings. The topological polar surface area (TPSA) is 0 Å². The molecule has 0 amide bonds. The summed E-state index contributed by atoms with van der Waals surface area (Å²) in [7, 11) is 0. The van der Waals surface area contributed by atoms with Gasteiger partial charge in [0.1, 0.15) is 0 Å². The Kier molecular flexibility index (Phi) is 4.43. The lowest BCUT2D eigenvalue weighted by atomic mass is 9.63. The molecule has 0 spiro atoms. The summed E-state index contributed by atoms with van der Waals surface area (Å²) in [6.07, 6.45) is 25.6. The quantitative estimate of drug-likeness (QED) is 0.458. The molecule has 6 saturated carbocycles. The van der Waals surface area contributed by atoms with Crippen LogP contribution in [0.25, 0.3) is 0 Å². The van der Waals surface area contributed by atoms with Gasteiger partial charge >= 0.3 is 0 Å². The number of rotatable bonds is 1. The molecular weight excluding hydrogens is 312 g/mol. The van der Waals surface area contributed by atoms with E-state index in [0.29, 0.717) is 0 Å². The molecule has 0 saturated heterocycles. The maximum Gasteiger partial charge on any atom is -0.0318 e. The number of fused-ring (bicyclic) bond motifs is 6. The minimum Gasteiger partial charge on any atom is -0.0530 e. The van der Waals surface area contributed by atoms with Crippen molar-refractivity contribution in [2.45, 2.75) is 103 Å². The molecule has 6 rings (SSSR count). The van der Waals surface area contributed by atoms with E-state index in [1.807, 2.05) is 0 Å². The van der Waals surface area contributed by atoms with Gasteiger partial charge < -0.3 is 0 Å². The first kappa shape index (κ1) is 16.9. The number of hydrogen-bond acceptors (Lipinski definition) is 0. The third kappa shape index (κ3) is 2.45. The Morgan fingerprint density at radius 2 is 0.423 bits per heavy atom. The van der Waals surface area contributed by atoms with Crippen LogP contribution in [0.2, 0.25) is 0 Å². The van der Waals surface area contributed by atoms with Gasteiger partial charge in [-0.15, -0.1) is 0 Å². The molecule has 0 aromatic rings. The maximum atomic E-state index is 1.63. The van der Waals surface area contributed by atoms with Gasteiger partial charge in [-0.25, -0.2) is 0 Å². The first-order valence-corrected chi connectivity index (χ1v) is 12.9. The minimum atomic E-state index is 1.17. The molecule has 8 unspecified atom stereocenters. The lowest BCUT2D eigenvalue weighted by Crippen LogP contribution is -2.35. The fourth-order valence-electron chi connectivity index (χ4n) is 10.6. The summed E-state index contributed by atoms with van der Waals surface area (Å²) in [4.78, 5) is 0. The molecule has 6 fully saturated rings. The van der Waals surface area contributed by atoms with Crippen LogP contribution in [0.3, 0.4) is 0 Å². The largest absolute Gasteiger partial charge is 0.0530 e. The van der Waals surface area contributed by atoms with Crippen molar-refractivity contribution in [1.82, 2.24) is 0 Å². The van der Waals surface area contributed by atoms with E-state index < -0.39 is 0 Å². The molecular formula is C26H42. The van der Waals surface area contributed by atoms with Crippen molar-refractivity contribution in [3.8, 4) is 0 Å². The molecule has 0 aromatic carbocycles. The standard InChI is InChI=1S/C26H42/c1-5-13-21-17(9-1)18-10-2-6-14-22(18)25(21)26-23-15-7-3-11-19(23)20-12-4-8-16-24(20)26/h17-26H,1-16H2. The van der Waals surface area contributed by atoms with Gasteiger partial charge in [-0.1, -0.05) is 51.4 Å². The fraction of sp³-hybridized carbons (Fsp3) is 1.00. The minimum absolute atomic E-state index is 1.17. The second-order valence-corrected chi connectivity index (χ2v) is 11.6. The van der Waals surface area contributed by atoms with E-state index in [1.165, 1.54) is 59.2 Å². The Balaban J connectivity index is 1.37. The Bertz CT molecular complexity index is 418. The van der Waals surface area contributed by atoms with Gasteiger partial charge in [0.2, 0.25) is 0 Å². The molecule has 6 aliphatic carbocycles. The zero-order valence-electron chi connectivity index (χ0n) is 17.1. The molecule has 0 heteroatoms. The Morgan fingerprint density at radius 3 is 0.654 bits per heavy atom. The first-order valence-electron chi connectivity index (χ1n) is 12.9. The Labute approximate surface area is 162 Å². The lowest BCUT2D eigenvalue weighted by Gasteiger charge is -2.42. The van der Waals surface area contributed by atoms with E-state index >= 15 is 0 Å². The van der Waals surface area contributed by atoms with Crippen LogP contribution >= 0.6 is 0 Å². The van der Waals surface area contributed by atoms with Crippen molar-refractivity contribution in [2.24, 2.45) is 59.2 Å². The predicted octanol–water partition coefficient (Wildman–Crippen LogP) is 7.47. The van der Waals surface area contributed by atoms with E-state index in [0.717, 1.165) is 0 Å². The van der Waals surface area contributed by atoms with Crippen molar-refractivity contribution in [1.29, 1.82) is 0 Å². The van der Waals surface area contributed by atoms with Crippen molar-refractivity contribution in [3.05, 3.63) is 0 Å². The molecule has 0 N–H and O–H groups in total. The fourth-order valence-corrected chi connectivity index (χ4v) is 10.6. The highest BCUT2D eigenvalue weighted by Gasteiger charge is 2.60. The molecule has 26 heavy (non-hydrogen) atoms. The van der Waals surface area contributed by atoms with Gasteiger partial charge in [-0.2, -0.15) is 0 Å². The third-order valence-corrected chi connectivity index (χ3v) is 11.0. The van der Waals surface area contributed by atoms with Gasteiger partial charge in [-0.05, 0) is 111 Å². The van der Waals surface area contributed by atoms with Gasteiger partial charge in [-0.3, -0.25) is 0 Å². The highest BCUT2D eigenvalue weighted by molar-refractivity contribution is 5.09. The van der Waals surface area contributed by atoms with Crippen LogP contribution < -0.4 is 0 Å². The van der Waals surface area contributed by atoms with Crippen LogP contribution in [0.5, 0.6) is 0 Å². The van der Waals surface area contributed by atoms with Crippen LogP contribution in [0, 0.1) is 59.2 Å². The van der Waals surface area contributed by atoms with Gasteiger partial charge in [0.05, 0.1) is 0 Å². The summed E-state index contributed by atoms with van der Waals surface area (Å²) in [5.41, 5.74) is 0. The maximum absolute atomic E-state index is 1.63. The third-order valence-electron chi connectivity index (χ3n) is 11.0. The lowest BCUT2D eigenvalue weighted by molar-refractivity contribution is 0.0650. The van der Waals surface area contributed by atoms with Crippen molar-refractivity contribution < 1.29 is 0 Å². The normalized spacial score (nSPS) is 56.3. The molecule has 0 heterocycles. The Morgan fingerprint density at radius 1 is 0.231 bits per heavy atom. The van der Waals surface area contributed by atoms with Crippen molar-refractivity contribution >= 4 is 0 Å². The van der Waals surface area contributed by atoms with Crippen molar-refractivity contribution in [3.63, 3.8) is 0 Å². The molecule has 0 nitrogen and oxygen atoms in total. The molecule has 0 radical (unpaired) electrons. The average Bonchev–Trinajstić information content (AvgIpc) is 3.21. The summed E-state index contributed by atoms with van der Waals surface area (Å²) < 4.78 is 0. The van der Waals surface area contributed by atoms with E-state index in [2.05, 4.69) is 0 Å². The van der Waals surface area contributed by atoms with E-state index in [9.17, 15) is 0 Å². The zero-order chi connectivity index (χ0) is 17.1. The van der Waals surface area contributed by atoms with Gasteiger partial charge in [0.15, 0.2) is 0 Å². The summed E-state index contributed by atoms with van der Waals surface area (Å²) in [5.74, 6) is 11.7. The smallest absolute Gasteiger partial charge is 0.0318 e. The Hall–Kier alpha value is 0. The highest BCUT2D eigenvalue weighted by Crippen LogP contribution is 2.67. The summed E-state index contributed by atoms with van der Waals surface area (Å²) >= 11 is 0. The molecule has 0 aliphatic heterocycles. The average molecular weight is 355 g/mol. The van der Waals surface area contributed by atoms with Gasteiger partial charge in [0, 0.05) is 0 Å². The van der Waals surface area contributed by atoms with Crippen molar-refractivity contribution in [2.75, 3.05) is 0 Å². The molecule has 146 valence electrons. The monoisotopic (exact) mass is 354 g/mol. The zero-order valence-corrected chi connectivity index (χ0v) is 17.1. The van der Waals surface area contributed by atoms with Crippen LogP contribution in [0.4, 0.5) is 0 Å². The van der Waals surface area contributed by atoms with Crippen LogP contribution in [0.15, 0.2) is 0 Å². The second kappa shape index (κ2) is 6.81. The second-order valence-electron chi connectivity index (χ2n) is 11.6. The molecule has 0 bridgehead atoms. The van der Waals surface area contributed by atoms with Gasteiger partial charge in [0.25, 0.3) is 0 Å². The SMILES string of the molecule is C1CCC2C(C1)C1CCCCC1C2C1C2CCCCC2C2CCCCC21.